The molecular weight excluding hydrogens is 86.1 g/mol. The summed E-state index contributed by atoms with van der Waals surface area (Å²) >= 11 is 0. The van der Waals surface area contributed by atoms with Gasteiger partial charge in [-0.25, -0.2) is 0 Å². The van der Waals surface area contributed by atoms with Gasteiger partial charge in [-0.15, -0.1) is 6.58 Å². The normalized spacial score (nSPS) is 10.6. The van der Waals surface area contributed by atoms with Gasteiger partial charge in [0.15, 0.2) is 0 Å². The van der Waals surface area contributed by atoms with Gasteiger partial charge in [0.2, 0.25) is 0 Å². The standard InChI is InChI=1S/C6H11N/c1-4-6(2,3)5-7/h4-5,7H,1H2,2-3H3. The molecule has 0 aromatic carbocycles. The third kappa shape index (κ3) is 2.15. The zero-order valence-corrected chi connectivity index (χ0v) is 4.86. The fraction of sp³-hybridized carbons (Fsp3) is 0.500. The zero-order valence-electron chi connectivity index (χ0n) is 4.86. The van der Waals surface area contributed by atoms with Crippen LogP contribution in [0.5, 0.6) is 0 Å². The minimum Gasteiger partial charge on any atom is -0.312 e. The molecule has 0 radical (unpaired) electrons. The fourth-order valence-corrected chi connectivity index (χ4v) is 0.0589. The van der Waals surface area contributed by atoms with Gasteiger partial charge in [0, 0.05) is 11.6 Å². The molecule has 0 saturated heterocycles. The van der Waals surface area contributed by atoms with Gasteiger partial charge >= 0.3 is 0 Å². The summed E-state index contributed by atoms with van der Waals surface area (Å²) in [6.45, 7) is 7.43. The Balaban J connectivity index is 3.82. The van der Waals surface area contributed by atoms with E-state index in [2.05, 4.69) is 6.58 Å². The molecule has 0 atom stereocenters. The average molecular weight is 97.2 g/mol. The van der Waals surface area contributed by atoms with Crippen LogP contribution in [0.1, 0.15) is 13.8 Å². The van der Waals surface area contributed by atoms with Crippen molar-refractivity contribution in [1.82, 2.24) is 0 Å². The number of allylic oxidation sites excluding steroid dienone is 1. The van der Waals surface area contributed by atoms with Crippen LogP contribution in [0.2, 0.25) is 0 Å². The van der Waals surface area contributed by atoms with Crippen molar-refractivity contribution in [1.29, 1.82) is 5.41 Å². The van der Waals surface area contributed by atoms with Crippen molar-refractivity contribution < 1.29 is 0 Å². The van der Waals surface area contributed by atoms with Crippen molar-refractivity contribution in [3.05, 3.63) is 12.7 Å². The molecule has 0 bridgehead atoms. The molecule has 1 heteroatoms. The summed E-state index contributed by atoms with van der Waals surface area (Å²) < 4.78 is 0. The molecule has 0 amide bonds. The highest BCUT2D eigenvalue weighted by Crippen LogP contribution is 2.10. The van der Waals surface area contributed by atoms with Gasteiger partial charge in [0.25, 0.3) is 0 Å². The van der Waals surface area contributed by atoms with Gasteiger partial charge < -0.3 is 5.41 Å². The van der Waals surface area contributed by atoms with Crippen LogP contribution in [-0.2, 0) is 0 Å². The second kappa shape index (κ2) is 1.92. The Morgan fingerprint density at radius 1 is 1.57 bits per heavy atom. The van der Waals surface area contributed by atoms with Crippen molar-refractivity contribution in [2.45, 2.75) is 13.8 Å². The first kappa shape index (κ1) is 6.41. The van der Waals surface area contributed by atoms with Crippen molar-refractivity contribution >= 4 is 6.21 Å². The Labute approximate surface area is 44.6 Å². The minimum atomic E-state index is -0.111. The second-order valence-electron chi connectivity index (χ2n) is 2.17. The average Bonchev–Trinajstić information content (AvgIpc) is 1.68. The summed E-state index contributed by atoms with van der Waals surface area (Å²) in [5.74, 6) is 0. The molecule has 7 heavy (non-hydrogen) atoms. The van der Waals surface area contributed by atoms with Gasteiger partial charge in [0.05, 0.1) is 0 Å². The monoisotopic (exact) mass is 97.1 g/mol. The number of nitrogens with one attached hydrogen (secondary N) is 1. The molecule has 0 aliphatic rings. The zero-order chi connectivity index (χ0) is 5.91. The van der Waals surface area contributed by atoms with E-state index in [1.807, 2.05) is 13.8 Å². The van der Waals surface area contributed by atoms with Crippen molar-refractivity contribution in [2.75, 3.05) is 0 Å². The van der Waals surface area contributed by atoms with Crippen LogP contribution in [0.4, 0.5) is 0 Å². The van der Waals surface area contributed by atoms with E-state index in [4.69, 9.17) is 5.41 Å². The molecule has 0 aliphatic heterocycles. The Kier molecular flexibility index (Phi) is 1.75. The van der Waals surface area contributed by atoms with Gasteiger partial charge in [0.1, 0.15) is 0 Å². The molecule has 0 spiro atoms. The van der Waals surface area contributed by atoms with Crippen LogP contribution in [-0.4, -0.2) is 6.21 Å². The van der Waals surface area contributed by atoms with E-state index in [0.29, 0.717) is 0 Å². The molecule has 0 saturated carbocycles. The maximum absolute atomic E-state index is 6.81. The summed E-state index contributed by atoms with van der Waals surface area (Å²) in [7, 11) is 0. The second-order valence-corrected chi connectivity index (χ2v) is 2.17. The molecular formula is C6H11N. The Hall–Kier alpha value is -0.590. The molecule has 0 fully saturated rings. The predicted octanol–water partition coefficient (Wildman–Crippen LogP) is 1.85. The maximum atomic E-state index is 6.81. The Morgan fingerprint density at radius 3 is 2.00 bits per heavy atom. The molecule has 0 aliphatic carbocycles. The van der Waals surface area contributed by atoms with E-state index in [9.17, 15) is 0 Å². The summed E-state index contributed by atoms with van der Waals surface area (Å²) in [6, 6.07) is 0. The van der Waals surface area contributed by atoms with Crippen LogP contribution < -0.4 is 0 Å². The Morgan fingerprint density at radius 2 is 2.00 bits per heavy atom. The Bertz CT molecular complexity index is 72.2. The number of hydrogen-bond donors (Lipinski definition) is 1. The first-order chi connectivity index (χ1) is 3.12. The highest BCUT2D eigenvalue weighted by Gasteiger charge is 2.05. The van der Waals surface area contributed by atoms with Crippen molar-refractivity contribution in [3.8, 4) is 0 Å². The minimum absolute atomic E-state index is 0.111. The third-order valence-corrected chi connectivity index (χ3v) is 0.898. The lowest BCUT2D eigenvalue weighted by atomic mass is 9.96. The largest absolute Gasteiger partial charge is 0.312 e. The van der Waals surface area contributed by atoms with Crippen LogP contribution in [0.3, 0.4) is 0 Å². The smallest absolute Gasteiger partial charge is 0.0169 e. The maximum Gasteiger partial charge on any atom is 0.0169 e. The third-order valence-electron chi connectivity index (χ3n) is 0.898. The van der Waals surface area contributed by atoms with Gasteiger partial charge in [-0.3, -0.25) is 0 Å². The van der Waals surface area contributed by atoms with Gasteiger partial charge in [-0.1, -0.05) is 19.9 Å². The van der Waals surface area contributed by atoms with E-state index < -0.39 is 0 Å². The fourth-order valence-electron chi connectivity index (χ4n) is 0.0589. The van der Waals surface area contributed by atoms with Crippen molar-refractivity contribution in [2.24, 2.45) is 5.41 Å². The van der Waals surface area contributed by atoms with Crippen LogP contribution in [0.25, 0.3) is 0 Å². The first-order valence-corrected chi connectivity index (χ1v) is 2.27. The predicted molar refractivity (Wildman–Crippen MR) is 32.8 cm³/mol. The quantitative estimate of drug-likeness (QED) is 0.401. The molecule has 1 nitrogen and oxygen atoms in total. The van der Waals surface area contributed by atoms with Crippen LogP contribution in [0.15, 0.2) is 12.7 Å². The van der Waals surface area contributed by atoms with Crippen molar-refractivity contribution in [3.63, 3.8) is 0 Å². The number of hydrogen-bond acceptors (Lipinski definition) is 1. The molecule has 0 aromatic rings. The van der Waals surface area contributed by atoms with Crippen LogP contribution >= 0.6 is 0 Å². The van der Waals surface area contributed by atoms with Crippen LogP contribution in [0, 0.1) is 10.8 Å². The first-order valence-electron chi connectivity index (χ1n) is 2.27. The summed E-state index contributed by atoms with van der Waals surface area (Å²) in [4.78, 5) is 0. The summed E-state index contributed by atoms with van der Waals surface area (Å²) in [6.07, 6.45) is 3.12. The highest BCUT2D eigenvalue weighted by molar-refractivity contribution is 5.63. The molecule has 0 aromatic heterocycles. The number of rotatable bonds is 2. The molecule has 0 heterocycles. The summed E-state index contributed by atoms with van der Waals surface area (Å²) in [5, 5.41) is 6.81. The molecule has 0 unspecified atom stereocenters. The molecule has 40 valence electrons. The topological polar surface area (TPSA) is 23.9 Å². The lowest BCUT2D eigenvalue weighted by Gasteiger charge is -2.09. The lowest BCUT2D eigenvalue weighted by Crippen LogP contribution is -2.06. The highest BCUT2D eigenvalue weighted by atomic mass is 14.4. The van der Waals surface area contributed by atoms with Gasteiger partial charge in [-0.2, -0.15) is 0 Å². The van der Waals surface area contributed by atoms with Gasteiger partial charge in [-0.05, 0) is 0 Å². The van der Waals surface area contributed by atoms with E-state index in [1.54, 1.807) is 6.08 Å². The van der Waals surface area contributed by atoms with E-state index in [0.717, 1.165) is 0 Å². The van der Waals surface area contributed by atoms with E-state index in [-0.39, 0.29) is 5.41 Å². The summed E-state index contributed by atoms with van der Waals surface area (Å²) in [5.41, 5.74) is -0.111. The van der Waals surface area contributed by atoms with E-state index in [1.165, 1.54) is 6.21 Å². The SMILES string of the molecule is C=CC(C)(C)C=N. The lowest BCUT2D eigenvalue weighted by molar-refractivity contribution is 0.692. The van der Waals surface area contributed by atoms with E-state index >= 15 is 0 Å². The molecule has 0 rings (SSSR count). The molecule has 1 N–H and O–H groups in total.